The Morgan fingerprint density at radius 1 is 0.655 bits per heavy atom. The maximum atomic E-state index is 13.2. The highest BCUT2D eigenvalue weighted by Crippen LogP contribution is 2.45. The molecule has 8 rings (SSSR count). The van der Waals surface area contributed by atoms with E-state index in [2.05, 4.69) is 93.7 Å². The third-order valence-electron chi connectivity index (χ3n) is 9.71. The SMILES string of the molecule is Cc1cccc(CC2(c3cccc(C)c3)C(=O)Nc3ccccc32)c1.FC(F)(F)Oc1cccc(CBr)c1.O=C1Nc2ccccc2C1c1cccc(C(F)(F)F)c1. The number of amides is 2. The van der Waals surface area contributed by atoms with Crippen LogP contribution < -0.4 is 15.4 Å². The first-order valence-corrected chi connectivity index (χ1v) is 19.2. The molecule has 0 bridgehead atoms. The van der Waals surface area contributed by atoms with E-state index in [-0.39, 0.29) is 17.6 Å². The van der Waals surface area contributed by atoms with Crippen molar-refractivity contribution < 1.29 is 40.7 Å². The van der Waals surface area contributed by atoms with Crippen LogP contribution in [0.25, 0.3) is 0 Å². The van der Waals surface area contributed by atoms with Crippen LogP contribution in [0.2, 0.25) is 0 Å². The lowest BCUT2D eigenvalue weighted by Crippen LogP contribution is -2.38. The van der Waals surface area contributed by atoms with Crippen LogP contribution in [0.5, 0.6) is 5.75 Å². The molecule has 2 aliphatic heterocycles. The summed E-state index contributed by atoms with van der Waals surface area (Å²) in [5.74, 6) is -1.12. The minimum atomic E-state index is -4.62. The molecule has 0 spiro atoms. The van der Waals surface area contributed by atoms with Gasteiger partial charge in [-0.1, -0.05) is 142 Å². The third-order valence-corrected chi connectivity index (χ3v) is 10.4. The van der Waals surface area contributed by atoms with Crippen LogP contribution in [0.1, 0.15) is 56.0 Å². The van der Waals surface area contributed by atoms with Gasteiger partial charge in [-0.3, -0.25) is 9.59 Å². The van der Waals surface area contributed by atoms with E-state index in [0.29, 0.717) is 28.6 Å². The first-order chi connectivity index (χ1) is 27.6. The second-order valence-corrected chi connectivity index (χ2v) is 14.5. The molecule has 0 fully saturated rings. The zero-order chi connectivity index (χ0) is 41.7. The van der Waals surface area contributed by atoms with Gasteiger partial charge in [0.15, 0.2) is 0 Å². The first-order valence-electron chi connectivity index (χ1n) is 18.1. The zero-order valence-corrected chi connectivity index (χ0v) is 32.8. The summed E-state index contributed by atoms with van der Waals surface area (Å²) in [6.07, 6.45) is -8.38. The zero-order valence-electron chi connectivity index (χ0n) is 31.2. The number of nitrogens with one attached hydrogen (secondary N) is 2. The molecule has 5 nitrogen and oxygen atoms in total. The number of carbonyl (C=O) groups excluding carboxylic acids is 2. The van der Waals surface area contributed by atoms with Crippen molar-refractivity contribution in [3.8, 4) is 5.75 Å². The van der Waals surface area contributed by atoms with Crippen LogP contribution in [0.3, 0.4) is 0 Å². The molecule has 0 aromatic heterocycles. The summed E-state index contributed by atoms with van der Waals surface area (Å²) in [7, 11) is 0. The molecule has 2 atom stereocenters. The summed E-state index contributed by atoms with van der Waals surface area (Å²) in [6.45, 7) is 4.16. The van der Waals surface area contributed by atoms with Gasteiger partial charge in [-0.15, -0.1) is 13.2 Å². The molecule has 0 aliphatic carbocycles. The highest BCUT2D eigenvalue weighted by molar-refractivity contribution is 9.08. The summed E-state index contributed by atoms with van der Waals surface area (Å²) in [5.41, 5.74) is 7.60. The number of hydrogen-bond donors (Lipinski definition) is 2. The molecule has 12 heteroatoms. The largest absolute Gasteiger partial charge is 0.573 e. The van der Waals surface area contributed by atoms with Gasteiger partial charge in [-0.05, 0) is 84.0 Å². The predicted molar refractivity (Wildman–Crippen MR) is 216 cm³/mol. The third kappa shape index (κ3) is 9.62. The molecule has 2 aliphatic rings. The van der Waals surface area contributed by atoms with Crippen molar-refractivity contribution in [2.45, 2.75) is 49.5 Å². The van der Waals surface area contributed by atoms with Crippen LogP contribution in [0, 0.1) is 13.8 Å². The lowest BCUT2D eigenvalue weighted by molar-refractivity contribution is -0.274. The lowest BCUT2D eigenvalue weighted by atomic mass is 9.71. The normalized spacial score (nSPS) is 16.7. The number of ether oxygens (including phenoxy) is 1. The Morgan fingerprint density at radius 3 is 1.98 bits per heavy atom. The molecule has 2 heterocycles. The van der Waals surface area contributed by atoms with Gasteiger partial charge in [0.25, 0.3) is 0 Å². The summed E-state index contributed by atoms with van der Waals surface area (Å²) in [5, 5.41) is 6.29. The van der Waals surface area contributed by atoms with Gasteiger partial charge in [0.05, 0.1) is 11.5 Å². The summed E-state index contributed by atoms with van der Waals surface area (Å²) < 4.78 is 77.2. The maximum Gasteiger partial charge on any atom is 0.573 e. The lowest BCUT2D eigenvalue weighted by Gasteiger charge is -2.29. The fourth-order valence-corrected chi connectivity index (χ4v) is 7.53. The van der Waals surface area contributed by atoms with Gasteiger partial charge in [0, 0.05) is 16.7 Å². The van der Waals surface area contributed by atoms with E-state index >= 15 is 0 Å². The van der Waals surface area contributed by atoms with E-state index in [0.717, 1.165) is 34.5 Å². The summed E-state index contributed by atoms with van der Waals surface area (Å²) in [6, 6.07) is 42.5. The van der Waals surface area contributed by atoms with Crippen LogP contribution in [-0.2, 0) is 32.9 Å². The Hall–Kier alpha value is -5.88. The van der Waals surface area contributed by atoms with Crippen molar-refractivity contribution in [2.75, 3.05) is 10.6 Å². The van der Waals surface area contributed by atoms with Crippen molar-refractivity contribution in [3.63, 3.8) is 0 Å². The number of carbonyl (C=O) groups is 2. The minimum Gasteiger partial charge on any atom is -0.406 e. The van der Waals surface area contributed by atoms with Crippen molar-refractivity contribution in [2.24, 2.45) is 0 Å². The number of anilines is 2. The van der Waals surface area contributed by atoms with E-state index in [1.165, 1.54) is 41.0 Å². The van der Waals surface area contributed by atoms with E-state index in [4.69, 9.17) is 0 Å². The predicted octanol–water partition coefficient (Wildman–Crippen LogP) is 12.1. The van der Waals surface area contributed by atoms with Crippen LogP contribution in [0.4, 0.5) is 37.7 Å². The topological polar surface area (TPSA) is 67.4 Å². The van der Waals surface area contributed by atoms with Gasteiger partial charge >= 0.3 is 12.5 Å². The standard InChI is InChI=1S/C23H21NO.C15H10F3NO.C8H6BrF3O/c1-16-7-5-9-18(13-16)15-23(19-10-6-8-17(2)14-19)20-11-3-4-12-21(20)24-22(23)25;16-15(17,18)10-5-3-4-9(8-10)13-11-6-1-2-7-12(11)19-14(13)20;9-5-6-2-1-3-7(4-6)13-8(10,11)12/h3-14H,15H2,1-2H3,(H,24,25);1-8,13H,(H,19,20);1-4H,5H2. The molecule has 58 heavy (non-hydrogen) atoms. The minimum absolute atomic E-state index is 0.0563. The van der Waals surface area contributed by atoms with E-state index in [9.17, 15) is 35.9 Å². The number of hydrogen-bond acceptors (Lipinski definition) is 3. The monoisotopic (exact) mass is 858 g/mol. The highest BCUT2D eigenvalue weighted by Gasteiger charge is 2.48. The van der Waals surface area contributed by atoms with E-state index in [1.807, 2.05) is 24.3 Å². The van der Waals surface area contributed by atoms with Gasteiger partial charge in [0.1, 0.15) is 11.2 Å². The fourth-order valence-electron chi connectivity index (χ4n) is 7.18. The second-order valence-electron chi connectivity index (χ2n) is 13.9. The molecule has 2 unspecified atom stereocenters. The van der Waals surface area contributed by atoms with Gasteiger partial charge in [0.2, 0.25) is 11.8 Å². The Morgan fingerprint density at radius 2 is 1.29 bits per heavy atom. The molecule has 2 amide bonds. The molecular formula is C46H37BrF6N2O3. The Labute approximate surface area is 340 Å². The number of benzene rings is 6. The van der Waals surface area contributed by atoms with Crippen molar-refractivity contribution in [1.29, 1.82) is 0 Å². The Bertz CT molecular complexity index is 2430. The van der Waals surface area contributed by atoms with E-state index in [1.54, 1.807) is 36.4 Å². The van der Waals surface area contributed by atoms with Gasteiger partial charge < -0.3 is 15.4 Å². The molecular weight excluding hydrogens is 822 g/mol. The number of fused-ring (bicyclic) bond motifs is 2. The number of rotatable bonds is 6. The molecule has 6 aromatic carbocycles. The molecule has 298 valence electrons. The number of aryl methyl sites for hydroxylation is 2. The second kappa shape index (κ2) is 17.3. The van der Waals surface area contributed by atoms with Crippen molar-refractivity contribution >= 4 is 39.1 Å². The quantitative estimate of drug-likeness (QED) is 0.129. The average molecular weight is 860 g/mol. The van der Waals surface area contributed by atoms with Crippen LogP contribution >= 0.6 is 15.9 Å². The van der Waals surface area contributed by atoms with Crippen molar-refractivity contribution in [3.05, 3.63) is 196 Å². The summed E-state index contributed by atoms with van der Waals surface area (Å²) in [4.78, 5) is 25.2. The maximum absolute atomic E-state index is 13.2. The Kier molecular flexibility index (Phi) is 12.5. The average Bonchev–Trinajstić information content (AvgIpc) is 3.67. The molecule has 0 saturated carbocycles. The smallest absolute Gasteiger partial charge is 0.406 e. The van der Waals surface area contributed by atoms with Crippen LogP contribution in [-0.4, -0.2) is 18.2 Å². The van der Waals surface area contributed by atoms with E-state index < -0.39 is 29.4 Å². The van der Waals surface area contributed by atoms with Crippen molar-refractivity contribution in [1.82, 2.24) is 0 Å². The van der Waals surface area contributed by atoms with Gasteiger partial charge in [-0.25, -0.2) is 0 Å². The summed E-state index contributed by atoms with van der Waals surface area (Å²) >= 11 is 3.13. The molecule has 0 radical (unpaired) electrons. The number of para-hydroxylation sites is 2. The molecule has 0 saturated heterocycles. The van der Waals surface area contributed by atoms with Gasteiger partial charge in [-0.2, -0.15) is 13.2 Å². The van der Waals surface area contributed by atoms with Crippen LogP contribution in [0.15, 0.2) is 146 Å². The number of alkyl halides is 7. The highest BCUT2D eigenvalue weighted by atomic mass is 79.9. The Balaban J connectivity index is 0.000000154. The fraction of sp³-hybridized carbons (Fsp3) is 0.174. The first kappa shape index (κ1) is 41.7. The number of halogens is 7. The molecule has 6 aromatic rings. The molecule has 2 N–H and O–H groups in total.